The van der Waals surface area contributed by atoms with Gasteiger partial charge in [-0.05, 0) is 56.5 Å². The highest BCUT2D eigenvalue weighted by molar-refractivity contribution is 5.94. The SMILES string of the molecule is O=C(Nc1ccc(OCc2noc(C3CC3)n2)cc1)C1CCCCN1. The first-order valence-electron chi connectivity index (χ1n) is 8.87. The smallest absolute Gasteiger partial charge is 0.241 e. The van der Waals surface area contributed by atoms with Crippen molar-refractivity contribution in [2.24, 2.45) is 0 Å². The lowest BCUT2D eigenvalue weighted by molar-refractivity contribution is -0.118. The van der Waals surface area contributed by atoms with E-state index in [1.54, 1.807) is 0 Å². The lowest BCUT2D eigenvalue weighted by atomic mass is 10.0. The van der Waals surface area contributed by atoms with E-state index in [4.69, 9.17) is 9.26 Å². The van der Waals surface area contributed by atoms with Gasteiger partial charge in [0.2, 0.25) is 17.6 Å². The summed E-state index contributed by atoms with van der Waals surface area (Å²) in [6, 6.07) is 7.23. The van der Waals surface area contributed by atoms with E-state index in [2.05, 4.69) is 20.8 Å². The Morgan fingerprint density at radius 2 is 2.08 bits per heavy atom. The first-order chi connectivity index (χ1) is 12.3. The molecule has 25 heavy (non-hydrogen) atoms. The van der Waals surface area contributed by atoms with Crippen molar-refractivity contribution >= 4 is 11.6 Å². The third kappa shape index (κ3) is 4.17. The Bertz CT molecular complexity index is 718. The maximum absolute atomic E-state index is 12.2. The average molecular weight is 342 g/mol. The molecule has 132 valence electrons. The van der Waals surface area contributed by atoms with Crippen molar-refractivity contribution in [3.8, 4) is 5.75 Å². The number of amides is 1. The Labute approximate surface area is 146 Å². The summed E-state index contributed by atoms with van der Waals surface area (Å²) < 4.78 is 10.9. The summed E-state index contributed by atoms with van der Waals surface area (Å²) in [4.78, 5) is 16.5. The van der Waals surface area contributed by atoms with Gasteiger partial charge in [-0.25, -0.2) is 0 Å². The first-order valence-corrected chi connectivity index (χ1v) is 8.87. The summed E-state index contributed by atoms with van der Waals surface area (Å²) >= 11 is 0. The summed E-state index contributed by atoms with van der Waals surface area (Å²) in [5.74, 6) is 2.44. The number of nitrogens with zero attached hydrogens (tertiary/aromatic N) is 2. The van der Waals surface area contributed by atoms with Crippen molar-refractivity contribution in [3.63, 3.8) is 0 Å². The summed E-state index contributed by atoms with van der Waals surface area (Å²) in [6.07, 6.45) is 5.38. The molecular formula is C18H22N4O3. The van der Waals surface area contributed by atoms with Gasteiger partial charge in [0.1, 0.15) is 5.75 Å². The van der Waals surface area contributed by atoms with Crippen molar-refractivity contribution in [2.45, 2.75) is 50.7 Å². The molecule has 2 fully saturated rings. The summed E-state index contributed by atoms with van der Waals surface area (Å²) in [7, 11) is 0. The fraction of sp³-hybridized carbons (Fsp3) is 0.500. The number of hydrogen-bond donors (Lipinski definition) is 2. The monoisotopic (exact) mass is 342 g/mol. The molecule has 4 rings (SSSR count). The number of carbonyl (C=O) groups is 1. The topological polar surface area (TPSA) is 89.3 Å². The van der Waals surface area contributed by atoms with Gasteiger partial charge in [0, 0.05) is 11.6 Å². The van der Waals surface area contributed by atoms with Gasteiger partial charge in [0.15, 0.2) is 6.61 Å². The molecule has 7 heteroatoms. The van der Waals surface area contributed by atoms with Gasteiger partial charge in [0.25, 0.3) is 0 Å². The second-order valence-corrected chi connectivity index (χ2v) is 6.63. The second-order valence-electron chi connectivity index (χ2n) is 6.63. The molecule has 2 heterocycles. The molecule has 1 saturated carbocycles. The molecule has 1 amide bonds. The Hall–Kier alpha value is -2.41. The van der Waals surface area contributed by atoms with Crippen LogP contribution in [-0.4, -0.2) is 28.6 Å². The molecule has 2 N–H and O–H groups in total. The number of anilines is 1. The van der Waals surface area contributed by atoms with Gasteiger partial charge >= 0.3 is 0 Å². The van der Waals surface area contributed by atoms with Crippen molar-refractivity contribution in [1.29, 1.82) is 0 Å². The molecule has 1 saturated heterocycles. The van der Waals surface area contributed by atoms with Crippen LogP contribution < -0.4 is 15.4 Å². The number of ether oxygens (including phenoxy) is 1. The molecule has 1 aliphatic carbocycles. The maximum atomic E-state index is 12.2. The molecule has 0 bridgehead atoms. The van der Waals surface area contributed by atoms with Crippen molar-refractivity contribution in [3.05, 3.63) is 36.0 Å². The van der Waals surface area contributed by atoms with E-state index < -0.39 is 0 Å². The lowest BCUT2D eigenvalue weighted by Gasteiger charge is -2.22. The van der Waals surface area contributed by atoms with Crippen LogP contribution in [0.25, 0.3) is 0 Å². The highest BCUT2D eigenvalue weighted by Crippen LogP contribution is 2.38. The van der Waals surface area contributed by atoms with E-state index in [1.165, 1.54) is 0 Å². The minimum absolute atomic E-state index is 0.0211. The normalized spacial score (nSPS) is 20.2. The van der Waals surface area contributed by atoms with Crippen LogP contribution >= 0.6 is 0 Å². The Balaban J connectivity index is 1.28. The molecule has 2 aromatic rings. The predicted molar refractivity (Wildman–Crippen MR) is 91.3 cm³/mol. The van der Waals surface area contributed by atoms with Gasteiger partial charge in [-0.2, -0.15) is 4.98 Å². The fourth-order valence-electron chi connectivity index (χ4n) is 2.91. The third-order valence-corrected chi connectivity index (χ3v) is 4.53. The highest BCUT2D eigenvalue weighted by atomic mass is 16.5. The Morgan fingerprint density at radius 1 is 1.24 bits per heavy atom. The highest BCUT2D eigenvalue weighted by Gasteiger charge is 2.29. The number of rotatable bonds is 6. The van der Waals surface area contributed by atoms with Crippen molar-refractivity contribution in [1.82, 2.24) is 15.5 Å². The van der Waals surface area contributed by atoms with Crippen molar-refractivity contribution in [2.75, 3.05) is 11.9 Å². The van der Waals surface area contributed by atoms with Gasteiger partial charge < -0.3 is 19.9 Å². The van der Waals surface area contributed by atoms with E-state index in [9.17, 15) is 4.79 Å². The van der Waals surface area contributed by atoms with Crippen LogP contribution in [0.2, 0.25) is 0 Å². The van der Waals surface area contributed by atoms with E-state index in [0.717, 1.165) is 44.3 Å². The van der Waals surface area contributed by atoms with Crippen LogP contribution in [0.1, 0.15) is 49.7 Å². The standard InChI is InChI=1S/C18H22N4O3/c23-17(15-3-1-2-10-19-15)20-13-6-8-14(9-7-13)24-11-16-21-18(25-22-16)12-4-5-12/h6-9,12,15,19H,1-5,10-11H2,(H,20,23). The van der Waals surface area contributed by atoms with Crippen LogP contribution in [0.15, 0.2) is 28.8 Å². The molecule has 1 atom stereocenters. The Kier molecular flexibility index (Phi) is 4.65. The number of aromatic nitrogens is 2. The van der Waals surface area contributed by atoms with Gasteiger partial charge in [-0.1, -0.05) is 11.6 Å². The fourth-order valence-corrected chi connectivity index (χ4v) is 2.91. The maximum Gasteiger partial charge on any atom is 0.241 e. The van der Waals surface area contributed by atoms with Crippen LogP contribution in [-0.2, 0) is 11.4 Å². The molecular weight excluding hydrogens is 320 g/mol. The van der Waals surface area contributed by atoms with Crippen molar-refractivity contribution < 1.29 is 14.1 Å². The third-order valence-electron chi connectivity index (χ3n) is 4.53. The zero-order valence-corrected chi connectivity index (χ0v) is 14.0. The lowest BCUT2D eigenvalue weighted by Crippen LogP contribution is -2.43. The largest absolute Gasteiger partial charge is 0.485 e. The van der Waals surface area contributed by atoms with Crippen LogP contribution in [0.4, 0.5) is 5.69 Å². The summed E-state index contributed by atoms with van der Waals surface area (Å²) in [5, 5.41) is 10.1. The van der Waals surface area contributed by atoms with E-state index >= 15 is 0 Å². The van der Waals surface area contributed by atoms with Crippen LogP contribution in [0.3, 0.4) is 0 Å². The van der Waals surface area contributed by atoms with E-state index in [1.807, 2.05) is 24.3 Å². The summed E-state index contributed by atoms with van der Waals surface area (Å²) in [6.45, 7) is 1.18. The van der Waals surface area contributed by atoms with Crippen LogP contribution in [0, 0.1) is 0 Å². The molecule has 2 aliphatic rings. The zero-order valence-electron chi connectivity index (χ0n) is 14.0. The minimum atomic E-state index is -0.0939. The quantitative estimate of drug-likeness (QED) is 0.839. The Morgan fingerprint density at radius 3 is 2.80 bits per heavy atom. The predicted octanol–water partition coefficient (Wildman–Crippen LogP) is 2.61. The average Bonchev–Trinajstić information content (AvgIpc) is 3.40. The molecule has 0 spiro atoms. The minimum Gasteiger partial charge on any atom is -0.485 e. The number of benzene rings is 1. The number of nitrogens with one attached hydrogen (secondary N) is 2. The molecule has 7 nitrogen and oxygen atoms in total. The summed E-state index contributed by atoms with van der Waals surface area (Å²) in [5.41, 5.74) is 0.764. The molecule has 1 aliphatic heterocycles. The molecule has 1 aromatic heterocycles. The number of hydrogen-bond acceptors (Lipinski definition) is 6. The van der Waals surface area contributed by atoms with Crippen LogP contribution in [0.5, 0.6) is 5.75 Å². The van der Waals surface area contributed by atoms with Gasteiger partial charge in [-0.3, -0.25) is 4.79 Å². The number of piperidine rings is 1. The second kappa shape index (κ2) is 7.23. The zero-order chi connectivity index (χ0) is 17.1. The van der Waals surface area contributed by atoms with Gasteiger partial charge in [0.05, 0.1) is 6.04 Å². The first kappa shape index (κ1) is 16.1. The van der Waals surface area contributed by atoms with E-state index in [-0.39, 0.29) is 18.6 Å². The molecule has 0 radical (unpaired) electrons. The van der Waals surface area contributed by atoms with Gasteiger partial charge in [-0.15, -0.1) is 0 Å². The molecule has 1 unspecified atom stereocenters. The molecule has 1 aromatic carbocycles. The number of carbonyl (C=O) groups excluding carboxylic acids is 1. The van der Waals surface area contributed by atoms with E-state index in [0.29, 0.717) is 23.4 Å².